The normalized spacial score (nSPS) is 12.5. The number of rotatable bonds is 3. The molecule has 2 aromatic carbocycles. The third kappa shape index (κ3) is 2.80. The number of hydrogen-bond acceptors (Lipinski definition) is 3. The quantitative estimate of drug-likeness (QED) is 0.542. The van der Waals surface area contributed by atoms with E-state index in [0.717, 1.165) is 26.5 Å². The van der Waals surface area contributed by atoms with Gasteiger partial charge in [-0.05, 0) is 23.8 Å². The van der Waals surface area contributed by atoms with E-state index in [4.69, 9.17) is 17.4 Å². The largest absolute Gasteiger partial charge is 0.271 e. The predicted molar refractivity (Wildman–Crippen MR) is 90.1 cm³/mol. The number of nitrogens with two attached hydrogens (primary N) is 1. The standard InChI is InChI=1S/C16H13BrClN3/c17-11-6-7-12(14(18)9-11)16(21-19)13-5-1-3-10-4-2-8-20-15(10)13/h1-9,16,21H,19H2. The molecule has 1 aromatic heterocycles. The lowest BCUT2D eigenvalue weighted by Crippen LogP contribution is -2.29. The lowest BCUT2D eigenvalue weighted by atomic mass is 9.97. The third-order valence-corrected chi connectivity index (χ3v) is 4.24. The molecule has 5 heteroatoms. The zero-order valence-corrected chi connectivity index (χ0v) is 13.4. The molecule has 0 aliphatic carbocycles. The van der Waals surface area contributed by atoms with Gasteiger partial charge in [-0.3, -0.25) is 10.8 Å². The van der Waals surface area contributed by atoms with Gasteiger partial charge in [0.1, 0.15) is 0 Å². The van der Waals surface area contributed by atoms with Gasteiger partial charge in [0, 0.05) is 26.6 Å². The summed E-state index contributed by atoms with van der Waals surface area (Å²) in [5, 5.41) is 1.73. The Morgan fingerprint density at radius 3 is 2.67 bits per heavy atom. The van der Waals surface area contributed by atoms with Gasteiger partial charge in [0.2, 0.25) is 0 Å². The maximum absolute atomic E-state index is 6.36. The van der Waals surface area contributed by atoms with Gasteiger partial charge in [-0.1, -0.05) is 57.9 Å². The highest BCUT2D eigenvalue weighted by atomic mass is 79.9. The summed E-state index contributed by atoms with van der Waals surface area (Å²) in [6, 6.07) is 15.5. The van der Waals surface area contributed by atoms with Crippen LogP contribution in [0.3, 0.4) is 0 Å². The second-order valence-electron chi connectivity index (χ2n) is 4.69. The molecule has 3 nitrogen and oxygen atoms in total. The zero-order chi connectivity index (χ0) is 14.8. The van der Waals surface area contributed by atoms with E-state index in [0.29, 0.717) is 5.02 Å². The maximum atomic E-state index is 6.36. The Hall–Kier alpha value is -1.46. The molecule has 0 spiro atoms. The number of nitrogens with one attached hydrogen (secondary N) is 1. The van der Waals surface area contributed by atoms with Gasteiger partial charge in [0.25, 0.3) is 0 Å². The molecule has 3 N–H and O–H groups in total. The number of fused-ring (bicyclic) bond motifs is 1. The van der Waals surface area contributed by atoms with Crippen LogP contribution in [0.2, 0.25) is 5.02 Å². The summed E-state index contributed by atoms with van der Waals surface area (Å²) in [6.45, 7) is 0. The van der Waals surface area contributed by atoms with Crippen LogP contribution in [0.25, 0.3) is 10.9 Å². The van der Waals surface area contributed by atoms with E-state index in [2.05, 4.69) is 26.3 Å². The number of nitrogens with zero attached hydrogens (tertiary/aromatic N) is 1. The molecule has 3 aromatic rings. The Balaban J connectivity index is 2.18. The van der Waals surface area contributed by atoms with Crippen molar-refractivity contribution in [2.45, 2.75) is 6.04 Å². The molecule has 1 unspecified atom stereocenters. The fourth-order valence-electron chi connectivity index (χ4n) is 2.44. The van der Waals surface area contributed by atoms with Crippen LogP contribution in [-0.4, -0.2) is 4.98 Å². The van der Waals surface area contributed by atoms with E-state index in [-0.39, 0.29) is 6.04 Å². The molecular formula is C16H13BrClN3. The van der Waals surface area contributed by atoms with Gasteiger partial charge in [-0.15, -0.1) is 0 Å². The molecule has 0 aliphatic heterocycles. The SMILES string of the molecule is NNC(c1ccc(Br)cc1Cl)c1cccc2cccnc12. The van der Waals surface area contributed by atoms with Crippen LogP contribution in [-0.2, 0) is 0 Å². The minimum atomic E-state index is -0.218. The average Bonchev–Trinajstić information content (AvgIpc) is 2.50. The summed E-state index contributed by atoms with van der Waals surface area (Å²) in [6.07, 6.45) is 1.78. The van der Waals surface area contributed by atoms with Crippen molar-refractivity contribution in [1.29, 1.82) is 0 Å². The summed E-state index contributed by atoms with van der Waals surface area (Å²) in [7, 11) is 0. The Bertz CT molecular complexity index is 786. The van der Waals surface area contributed by atoms with Gasteiger partial charge in [0.15, 0.2) is 0 Å². The van der Waals surface area contributed by atoms with E-state index in [9.17, 15) is 0 Å². The first kappa shape index (κ1) is 14.5. The van der Waals surface area contributed by atoms with E-state index in [1.165, 1.54) is 0 Å². The van der Waals surface area contributed by atoms with E-state index in [1.54, 1.807) is 6.20 Å². The molecule has 0 aliphatic rings. The molecule has 0 amide bonds. The van der Waals surface area contributed by atoms with Gasteiger partial charge in [0.05, 0.1) is 11.6 Å². The lowest BCUT2D eigenvalue weighted by molar-refractivity contribution is 0.640. The summed E-state index contributed by atoms with van der Waals surface area (Å²) in [5.41, 5.74) is 5.68. The van der Waals surface area contributed by atoms with Gasteiger partial charge in [-0.25, -0.2) is 5.43 Å². The number of aromatic nitrogens is 1. The summed E-state index contributed by atoms with van der Waals surface area (Å²) >= 11 is 9.77. The predicted octanol–water partition coefficient (Wildman–Crippen LogP) is 4.20. The van der Waals surface area contributed by atoms with E-state index < -0.39 is 0 Å². The molecule has 106 valence electrons. The van der Waals surface area contributed by atoms with Crippen molar-refractivity contribution in [3.63, 3.8) is 0 Å². The molecule has 1 heterocycles. The minimum Gasteiger partial charge on any atom is -0.271 e. The third-order valence-electron chi connectivity index (χ3n) is 3.42. The first-order valence-corrected chi connectivity index (χ1v) is 7.62. The van der Waals surface area contributed by atoms with Crippen LogP contribution in [0.1, 0.15) is 17.2 Å². The molecule has 0 bridgehead atoms. The highest BCUT2D eigenvalue weighted by molar-refractivity contribution is 9.10. The average molecular weight is 363 g/mol. The van der Waals surface area contributed by atoms with Crippen molar-refractivity contribution in [2.24, 2.45) is 5.84 Å². The fraction of sp³-hybridized carbons (Fsp3) is 0.0625. The number of benzene rings is 2. The molecule has 0 saturated carbocycles. The van der Waals surface area contributed by atoms with Crippen molar-refractivity contribution < 1.29 is 0 Å². The Kier molecular flexibility index (Phi) is 4.22. The number of hydrazine groups is 1. The van der Waals surface area contributed by atoms with E-state index >= 15 is 0 Å². The van der Waals surface area contributed by atoms with E-state index in [1.807, 2.05) is 48.5 Å². The van der Waals surface area contributed by atoms with Crippen LogP contribution in [0.15, 0.2) is 59.2 Å². The van der Waals surface area contributed by atoms with Crippen molar-refractivity contribution in [3.05, 3.63) is 75.4 Å². The molecule has 1 atom stereocenters. The molecule has 0 saturated heterocycles. The number of pyridine rings is 1. The van der Waals surface area contributed by atoms with Crippen LogP contribution in [0.4, 0.5) is 0 Å². The van der Waals surface area contributed by atoms with Crippen LogP contribution >= 0.6 is 27.5 Å². The topological polar surface area (TPSA) is 50.9 Å². The highest BCUT2D eigenvalue weighted by Gasteiger charge is 2.18. The smallest absolute Gasteiger partial charge is 0.0753 e. The lowest BCUT2D eigenvalue weighted by Gasteiger charge is -2.19. The van der Waals surface area contributed by atoms with Crippen molar-refractivity contribution in [3.8, 4) is 0 Å². The Labute approximate surface area is 136 Å². The molecular weight excluding hydrogens is 350 g/mol. The first-order valence-electron chi connectivity index (χ1n) is 6.45. The van der Waals surface area contributed by atoms with Gasteiger partial charge in [-0.2, -0.15) is 0 Å². The molecule has 3 rings (SSSR count). The molecule has 0 fully saturated rings. The number of halogens is 2. The first-order chi connectivity index (χ1) is 10.2. The van der Waals surface area contributed by atoms with Crippen molar-refractivity contribution >= 4 is 38.4 Å². The van der Waals surface area contributed by atoms with Gasteiger partial charge >= 0.3 is 0 Å². The number of para-hydroxylation sites is 1. The maximum Gasteiger partial charge on any atom is 0.0753 e. The summed E-state index contributed by atoms with van der Waals surface area (Å²) in [5.74, 6) is 5.79. The van der Waals surface area contributed by atoms with Gasteiger partial charge < -0.3 is 0 Å². The minimum absolute atomic E-state index is 0.218. The Morgan fingerprint density at radius 1 is 1.10 bits per heavy atom. The van der Waals surface area contributed by atoms with Crippen molar-refractivity contribution in [2.75, 3.05) is 0 Å². The summed E-state index contributed by atoms with van der Waals surface area (Å²) in [4.78, 5) is 4.47. The van der Waals surface area contributed by atoms with Crippen molar-refractivity contribution in [1.82, 2.24) is 10.4 Å². The zero-order valence-electron chi connectivity index (χ0n) is 11.1. The summed E-state index contributed by atoms with van der Waals surface area (Å²) < 4.78 is 0.933. The van der Waals surface area contributed by atoms with Crippen LogP contribution in [0, 0.1) is 0 Å². The Morgan fingerprint density at radius 2 is 1.90 bits per heavy atom. The second kappa shape index (κ2) is 6.12. The molecule has 21 heavy (non-hydrogen) atoms. The van der Waals surface area contributed by atoms with Crippen LogP contribution < -0.4 is 11.3 Å². The number of hydrogen-bond donors (Lipinski definition) is 2. The van der Waals surface area contributed by atoms with Crippen LogP contribution in [0.5, 0.6) is 0 Å². The highest BCUT2D eigenvalue weighted by Crippen LogP contribution is 2.32. The fourth-order valence-corrected chi connectivity index (χ4v) is 3.23. The monoisotopic (exact) mass is 361 g/mol. The second-order valence-corrected chi connectivity index (χ2v) is 6.01. The molecule has 0 radical (unpaired) electrons.